The molecule has 0 fully saturated rings. The van der Waals surface area contributed by atoms with Crippen LogP contribution in [0.15, 0.2) is 36.5 Å². The third kappa shape index (κ3) is 4.94. The Kier molecular flexibility index (Phi) is 5.33. The molecule has 0 bridgehead atoms. The highest BCUT2D eigenvalue weighted by molar-refractivity contribution is 7.88. The van der Waals surface area contributed by atoms with Gasteiger partial charge in [-0.2, -0.15) is 0 Å². The van der Waals surface area contributed by atoms with Gasteiger partial charge >= 0.3 is 0 Å². The van der Waals surface area contributed by atoms with Crippen molar-refractivity contribution < 1.29 is 8.42 Å². The Labute approximate surface area is 135 Å². The lowest BCUT2D eigenvalue weighted by atomic mass is 10.2. The number of hydrogen-bond acceptors (Lipinski definition) is 5. The average molecular weight is 341 g/mol. The summed E-state index contributed by atoms with van der Waals surface area (Å²) in [6.07, 6.45) is 1.60. The predicted molar refractivity (Wildman–Crippen MR) is 87.3 cm³/mol. The summed E-state index contributed by atoms with van der Waals surface area (Å²) < 4.78 is 26.7. The summed E-state index contributed by atoms with van der Waals surface area (Å²) in [5.41, 5.74) is 0.628. The van der Waals surface area contributed by atoms with Crippen LogP contribution in [-0.4, -0.2) is 32.5 Å². The first kappa shape index (κ1) is 16.7. The van der Waals surface area contributed by atoms with E-state index in [0.29, 0.717) is 16.4 Å². The van der Waals surface area contributed by atoms with Crippen molar-refractivity contribution in [3.63, 3.8) is 0 Å². The van der Waals surface area contributed by atoms with Crippen LogP contribution in [0.3, 0.4) is 0 Å². The van der Waals surface area contributed by atoms with Crippen LogP contribution in [0.25, 0.3) is 0 Å². The largest absolute Gasteiger partial charge is 0.363 e. The van der Waals surface area contributed by atoms with Crippen molar-refractivity contribution >= 4 is 27.4 Å². The number of hydrogen-bond donors (Lipinski definition) is 1. The molecule has 118 valence electrons. The van der Waals surface area contributed by atoms with E-state index in [1.54, 1.807) is 36.5 Å². The molecule has 22 heavy (non-hydrogen) atoms. The van der Waals surface area contributed by atoms with Gasteiger partial charge < -0.3 is 4.90 Å². The zero-order chi connectivity index (χ0) is 16.2. The minimum absolute atomic E-state index is 0.0462. The minimum atomic E-state index is -3.48. The number of sulfonamides is 1. The van der Waals surface area contributed by atoms with Gasteiger partial charge in [0.1, 0.15) is 11.6 Å². The lowest BCUT2D eigenvalue weighted by Gasteiger charge is -2.12. The van der Waals surface area contributed by atoms with Crippen LogP contribution >= 0.6 is 11.6 Å². The molecule has 2 aromatic rings. The molecule has 0 aliphatic heterocycles. The molecule has 0 unspecified atom stereocenters. The first-order valence-corrected chi connectivity index (χ1v) is 8.60. The number of anilines is 1. The molecule has 6 nitrogen and oxygen atoms in total. The molecule has 1 N–H and O–H groups in total. The molecule has 0 saturated heterocycles. The zero-order valence-corrected chi connectivity index (χ0v) is 13.9. The maximum atomic E-state index is 12.1. The van der Waals surface area contributed by atoms with Gasteiger partial charge in [-0.1, -0.05) is 23.7 Å². The first-order valence-electron chi connectivity index (χ1n) is 6.57. The fourth-order valence-electron chi connectivity index (χ4n) is 1.79. The second-order valence-electron chi connectivity index (χ2n) is 4.94. The van der Waals surface area contributed by atoms with Gasteiger partial charge in [-0.25, -0.2) is 23.1 Å². The summed E-state index contributed by atoms with van der Waals surface area (Å²) in [5.74, 6) is 1.00. The number of halogens is 1. The number of benzene rings is 1. The minimum Gasteiger partial charge on any atom is -0.363 e. The SMILES string of the molecule is CN(C)c1ccnc(CNS(=O)(=O)Cc2cccc(Cl)c2)n1. The molecular weight excluding hydrogens is 324 g/mol. The summed E-state index contributed by atoms with van der Waals surface area (Å²) in [5, 5.41) is 0.509. The van der Waals surface area contributed by atoms with Gasteiger partial charge in [0.15, 0.2) is 0 Å². The summed E-state index contributed by atoms with van der Waals surface area (Å²) in [6, 6.07) is 8.52. The van der Waals surface area contributed by atoms with Crippen molar-refractivity contribution in [2.24, 2.45) is 0 Å². The summed E-state index contributed by atoms with van der Waals surface area (Å²) in [4.78, 5) is 10.1. The Bertz CT molecular complexity index is 750. The Morgan fingerprint density at radius 3 is 2.73 bits per heavy atom. The van der Waals surface area contributed by atoms with Crippen LogP contribution < -0.4 is 9.62 Å². The molecule has 1 aromatic carbocycles. The zero-order valence-electron chi connectivity index (χ0n) is 12.3. The highest BCUT2D eigenvalue weighted by atomic mass is 35.5. The summed E-state index contributed by atoms with van der Waals surface area (Å²) in [6.45, 7) is 0.0462. The third-order valence-electron chi connectivity index (χ3n) is 2.84. The van der Waals surface area contributed by atoms with Gasteiger partial charge in [-0.05, 0) is 23.8 Å². The lowest BCUT2D eigenvalue weighted by Crippen LogP contribution is -2.26. The van der Waals surface area contributed by atoms with Gasteiger partial charge in [0.05, 0.1) is 12.3 Å². The molecule has 1 aromatic heterocycles. The van der Waals surface area contributed by atoms with Gasteiger partial charge in [0.25, 0.3) is 0 Å². The van der Waals surface area contributed by atoms with Crippen molar-refractivity contribution in [1.29, 1.82) is 0 Å². The Morgan fingerprint density at radius 1 is 1.27 bits per heavy atom. The Balaban J connectivity index is 2.02. The van der Waals surface area contributed by atoms with Crippen molar-refractivity contribution in [1.82, 2.24) is 14.7 Å². The van der Waals surface area contributed by atoms with Crippen molar-refractivity contribution in [2.75, 3.05) is 19.0 Å². The number of rotatable bonds is 6. The topological polar surface area (TPSA) is 75.2 Å². The van der Waals surface area contributed by atoms with Crippen molar-refractivity contribution in [2.45, 2.75) is 12.3 Å². The molecule has 0 spiro atoms. The maximum Gasteiger partial charge on any atom is 0.216 e. The standard InChI is InChI=1S/C14H17ClN4O2S/c1-19(2)14-6-7-16-13(18-14)9-17-22(20,21)10-11-4-3-5-12(15)8-11/h3-8,17H,9-10H2,1-2H3. The van der Waals surface area contributed by atoms with Gasteiger partial charge in [0.2, 0.25) is 10.0 Å². The van der Waals surface area contributed by atoms with Crippen molar-refractivity contribution in [3.05, 3.63) is 52.9 Å². The van der Waals surface area contributed by atoms with Gasteiger partial charge in [-0.15, -0.1) is 0 Å². The Morgan fingerprint density at radius 2 is 2.05 bits per heavy atom. The molecule has 8 heteroatoms. The predicted octanol–water partition coefficient (Wildman–Crippen LogP) is 1.82. The van der Waals surface area contributed by atoms with E-state index < -0.39 is 10.0 Å². The van der Waals surface area contributed by atoms with E-state index in [9.17, 15) is 8.42 Å². The fourth-order valence-corrected chi connectivity index (χ4v) is 3.08. The highest BCUT2D eigenvalue weighted by Gasteiger charge is 2.12. The molecule has 0 atom stereocenters. The van der Waals surface area contributed by atoms with Crippen LogP contribution in [0.5, 0.6) is 0 Å². The van der Waals surface area contributed by atoms with Crippen molar-refractivity contribution in [3.8, 4) is 0 Å². The van der Waals surface area contributed by atoms with Crippen LogP contribution in [0.4, 0.5) is 5.82 Å². The van der Waals surface area contributed by atoms with E-state index in [0.717, 1.165) is 5.82 Å². The average Bonchev–Trinajstić information content (AvgIpc) is 2.45. The quantitative estimate of drug-likeness (QED) is 0.868. The van der Waals surface area contributed by atoms with Gasteiger partial charge in [0, 0.05) is 25.3 Å². The molecule has 0 saturated carbocycles. The fraction of sp³-hybridized carbons (Fsp3) is 0.286. The van der Waals surface area contributed by atoms with E-state index in [1.165, 1.54) is 0 Å². The Hall–Kier alpha value is -1.70. The second kappa shape index (κ2) is 7.04. The van der Waals surface area contributed by atoms with Crippen LogP contribution in [0, 0.1) is 0 Å². The highest BCUT2D eigenvalue weighted by Crippen LogP contribution is 2.13. The summed E-state index contributed by atoms with van der Waals surface area (Å²) >= 11 is 5.85. The van der Waals surface area contributed by atoms with Crippen LogP contribution in [0.2, 0.25) is 5.02 Å². The maximum absolute atomic E-state index is 12.1. The number of aromatic nitrogens is 2. The monoisotopic (exact) mass is 340 g/mol. The van der Waals surface area contributed by atoms with E-state index in [1.807, 2.05) is 19.0 Å². The molecular formula is C14H17ClN4O2S. The third-order valence-corrected chi connectivity index (χ3v) is 4.38. The smallest absolute Gasteiger partial charge is 0.216 e. The summed E-state index contributed by atoms with van der Waals surface area (Å²) in [7, 11) is 0.228. The number of nitrogens with one attached hydrogen (secondary N) is 1. The van der Waals surface area contributed by atoms with E-state index in [-0.39, 0.29) is 12.3 Å². The van der Waals surface area contributed by atoms with E-state index in [2.05, 4.69) is 14.7 Å². The normalized spacial score (nSPS) is 11.4. The van der Waals surface area contributed by atoms with Crippen LogP contribution in [-0.2, 0) is 22.3 Å². The molecule has 0 radical (unpaired) electrons. The molecule has 0 aliphatic rings. The van der Waals surface area contributed by atoms with E-state index in [4.69, 9.17) is 11.6 Å². The molecule has 2 rings (SSSR count). The lowest BCUT2D eigenvalue weighted by molar-refractivity contribution is 0.578. The molecule has 0 aliphatic carbocycles. The molecule has 0 amide bonds. The molecule has 1 heterocycles. The van der Waals surface area contributed by atoms with Gasteiger partial charge in [-0.3, -0.25) is 0 Å². The van der Waals surface area contributed by atoms with Crippen LogP contribution in [0.1, 0.15) is 11.4 Å². The first-order chi connectivity index (χ1) is 10.4. The van der Waals surface area contributed by atoms with E-state index >= 15 is 0 Å². The second-order valence-corrected chi connectivity index (χ2v) is 7.18. The number of nitrogens with zero attached hydrogens (tertiary/aromatic N) is 3.